The van der Waals surface area contributed by atoms with Crippen molar-refractivity contribution in [1.29, 1.82) is 0 Å². The lowest BCUT2D eigenvalue weighted by molar-refractivity contribution is -0.128. The summed E-state index contributed by atoms with van der Waals surface area (Å²) in [6, 6.07) is 42.3. The maximum Gasteiger partial charge on any atom is 0.249 e. The number of amides is 3. The van der Waals surface area contributed by atoms with E-state index < -0.39 is 54.2 Å². The molecule has 6 aromatic rings. The van der Waals surface area contributed by atoms with Crippen molar-refractivity contribution in [2.75, 3.05) is 0 Å². The summed E-state index contributed by atoms with van der Waals surface area (Å²) in [6.45, 7) is 1.61. The first kappa shape index (κ1) is 54.0. The molecule has 4 aliphatic rings. The zero-order valence-corrected chi connectivity index (χ0v) is 43.6. The number of hydrogen-bond acceptors (Lipinski definition) is 8. The van der Waals surface area contributed by atoms with Gasteiger partial charge in [0.15, 0.2) is 5.78 Å². The first-order chi connectivity index (χ1) is 36.8. The standard InChI is InChI=1S/C33H37NO4.C32H36N2O4/c1-21(35)31-25(16-15-23-11-5-7-13-28(23)31)18-27(36)19-26(17-22-9-3-2-4-10-22)33(38)34-32-29-14-8-6-12-24(29)20-30(32)37;33-31(37)29-23(15-14-21-10-4-6-12-26(21)29)17-25(35)18-24(16-20-8-2-1-3-9-20)32(38)34-30-27-13-7-5-11-22(27)19-28(30)36/h2-4,6,8-10,12,14-16,26-27,30,32,36-37H,5,7,11,13,17-20H2,1H3,(H,34,38);1-3,5,7-9,11,13-15,24-25,28,30,35-36H,4,6,10,12,16-19H2,(H2,33,37)(H,34,38)/t26?,27-,30-,32+;24?,25-,28-,30+/m11/s1. The maximum atomic E-state index is 13.6. The van der Waals surface area contributed by atoms with E-state index >= 15 is 0 Å². The van der Waals surface area contributed by atoms with Gasteiger partial charge >= 0.3 is 0 Å². The van der Waals surface area contributed by atoms with E-state index in [1.807, 2.05) is 121 Å². The number of rotatable bonds is 18. The van der Waals surface area contributed by atoms with Crippen LogP contribution in [0.15, 0.2) is 133 Å². The molecule has 396 valence electrons. The molecule has 0 radical (unpaired) electrons. The number of carbonyl (C=O) groups excluding carboxylic acids is 4. The van der Waals surface area contributed by atoms with Gasteiger partial charge in [-0.2, -0.15) is 0 Å². The van der Waals surface area contributed by atoms with Gasteiger partial charge in [-0.05, 0) is 164 Å². The molecule has 8 N–H and O–H groups in total. The van der Waals surface area contributed by atoms with Crippen LogP contribution in [0.4, 0.5) is 0 Å². The Bertz CT molecular complexity index is 2810. The number of aliphatic hydroxyl groups is 4. The molecule has 8 atom stereocenters. The van der Waals surface area contributed by atoms with Gasteiger partial charge in [0.2, 0.25) is 17.7 Å². The van der Waals surface area contributed by atoms with Crippen LogP contribution in [0.3, 0.4) is 0 Å². The highest BCUT2D eigenvalue weighted by molar-refractivity contribution is 5.98. The third-order valence-corrected chi connectivity index (χ3v) is 16.3. The van der Waals surface area contributed by atoms with Gasteiger partial charge in [-0.1, -0.05) is 133 Å². The van der Waals surface area contributed by atoms with Crippen LogP contribution < -0.4 is 16.4 Å². The van der Waals surface area contributed by atoms with Crippen LogP contribution in [0.2, 0.25) is 0 Å². The summed E-state index contributed by atoms with van der Waals surface area (Å²) in [7, 11) is 0. The van der Waals surface area contributed by atoms with E-state index in [2.05, 4.69) is 22.8 Å². The third-order valence-electron chi connectivity index (χ3n) is 16.3. The van der Waals surface area contributed by atoms with Crippen LogP contribution in [0.5, 0.6) is 0 Å². The highest BCUT2D eigenvalue weighted by Crippen LogP contribution is 2.35. The first-order valence-electron chi connectivity index (χ1n) is 27.5. The molecule has 76 heavy (non-hydrogen) atoms. The Hall–Kier alpha value is -6.76. The molecule has 6 aromatic carbocycles. The highest BCUT2D eigenvalue weighted by Gasteiger charge is 2.36. The molecule has 2 unspecified atom stereocenters. The van der Waals surface area contributed by atoms with E-state index in [0.717, 1.165) is 113 Å². The Kier molecular flexibility index (Phi) is 17.7. The second-order valence-corrected chi connectivity index (χ2v) is 21.7. The second kappa shape index (κ2) is 24.9. The SMILES string of the molecule is CC(=O)c1c(C[C@@H](O)CC(Cc2ccccc2)C(=O)N[C@H]2c3ccccc3C[C@H]2O)ccc2c1CCCC2.NC(=O)c1c(C[C@@H](O)CC(Cc2ccccc2)C(=O)N[C@H]2c3ccccc3C[C@H]2O)ccc2c1CCCC2. The molecule has 11 heteroatoms. The number of Topliss-reactive ketones (excluding diaryl/α,β-unsaturated/α-hetero) is 1. The van der Waals surface area contributed by atoms with Crippen molar-refractivity contribution in [3.63, 3.8) is 0 Å². The van der Waals surface area contributed by atoms with Gasteiger partial charge in [-0.25, -0.2) is 0 Å². The average molecular weight is 1020 g/mol. The Balaban J connectivity index is 0.000000186. The van der Waals surface area contributed by atoms with Crippen molar-refractivity contribution in [2.24, 2.45) is 17.6 Å². The summed E-state index contributed by atoms with van der Waals surface area (Å²) in [5.74, 6) is -1.79. The molecule has 0 bridgehead atoms. The predicted molar refractivity (Wildman–Crippen MR) is 295 cm³/mol. The van der Waals surface area contributed by atoms with Crippen LogP contribution in [0, 0.1) is 11.8 Å². The highest BCUT2D eigenvalue weighted by atomic mass is 16.3. The fourth-order valence-corrected chi connectivity index (χ4v) is 12.6. The number of carbonyl (C=O) groups is 4. The number of benzene rings is 6. The topological polar surface area (TPSA) is 199 Å². The van der Waals surface area contributed by atoms with Crippen molar-refractivity contribution < 1.29 is 39.6 Å². The second-order valence-electron chi connectivity index (χ2n) is 21.7. The Morgan fingerprint density at radius 1 is 0.500 bits per heavy atom. The van der Waals surface area contributed by atoms with Gasteiger partial charge < -0.3 is 36.8 Å². The van der Waals surface area contributed by atoms with Gasteiger partial charge in [-0.3, -0.25) is 19.2 Å². The van der Waals surface area contributed by atoms with Crippen molar-refractivity contribution in [3.05, 3.63) is 211 Å². The third kappa shape index (κ3) is 12.9. The molecular weight excluding hydrogens is 951 g/mol. The van der Waals surface area contributed by atoms with Crippen molar-refractivity contribution >= 4 is 23.5 Å². The summed E-state index contributed by atoms with van der Waals surface area (Å²) in [5.41, 5.74) is 19.3. The van der Waals surface area contributed by atoms with Crippen LogP contribution >= 0.6 is 0 Å². The molecule has 0 aromatic heterocycles. The predicted octanol–water partition coefficient (Wildman–Crippen LogP) is 8.29. The molecule has 11 nitrogen and oxygen atoms in total. The van der Waals surface area contributed by atoms with Gasteiger partial charge in [0, 0.05) is 35.8 Å². The largest absolute Gasteiger partial charge is 0.393 e. The number of aryl methyl sites for hydroxylation is 2. The van der Waals surface area contributed by atoms with Crippen LogP contribution in [-0.2, 0) is 73.8 Å². The van der Waals surface area contributed by atoms with Gasteiger partial charge in [0.05, 0.1) is 36.5 Å². The fourth-order valence-electron chi connectivity index (χ4n) is 12.6. The molecule has 3 amide bonds. The molecule has 0 aliphatic heterocycles. The molecule has 10 rings (SSSR count). The van der Waals surface area contributed by atoms with Gasteiger partial charge in [0.1, 0.15) is 0 Å². The zero-order chi connectivity index (χ0) is 53.3. The maximum absolute atomic E-state index is 13.6. The number of primary amides is 1. The quantitative estimate of drug-likeness (QED) is 0.0417. The summed E-state index contributed by atoms with van der Waals surface area (Å²) in [4.78, 5) is 52.3. The van der Waals surface area contributed by atoms with Crippen LogP contribution in [0.25, 0.3) is 0 Å². The number of nitrogens with one attached hydrogen (secondary N) is 2. The summed E-state index contributed by atoms with van der Waals surface area (Å²) < 4.78 is 0. The number of fused-ring (bicyclic) bond motifs is 4. The van der Waals surface area contributed by atoms with E-state index in [-0.39, 0.29) is 36.9 Å². The van der Waals surface area contributed by atoms with E-state index in [1.54, 1.807) is 6.92 Å². The fraction of sp³-hybridized carbons (Fsp3) is 0.385. The Morgan fingerprint density at radius 2 is 0.895 bits per heavy atom. The lowest BCUT2D eigenvalue weighted by Crippen LogP contribution is -2.40. The van der Waals surface area contributed by atoms with E-state index in [1.165, 1.54) is 11.1 Å². The van der Waals surface area contributed by atoms with E-state index in [0.29, 0.717) is 37.7 Å². The lowest BCUT2D eigenvalue weighted by atomic mass is 9.82. The molecule has 0 heterocycles. The average Bonchev–Trinajstić information content (AvgIpc) is 3.93. The number of ketones is 1. The first-order valence-corrected chi connectivity index (χ1v) is 27.5. The van der Waals surface area contributed by atoms with Gasteiger partial charge in [0.25, 0.3) is 0 Å². The number of hydrogen-bond donors (Lipinski definition) is 7. The Labute approximate surface area is 447 Å². The normalized spacial score (nSPS) is 19.8. The minimum absolute atomic E-state index is 0.0402. The van der Waals surface area contributed by atoms with Crippen molar-refractivity contribution in [1.82, 2.24) is 10.6 Å². The number of aliphatic hydroxyl groups excluding tert-OH is 4. The lowest BCUT2D eigenvalue weighted by Gasteiger charge is -2.25. The minimum Gasteiger partial charge on any atom is -0.393 e. The van der Waals surface area contributed by atoms with Crippen molar-refractivity contribution in [2.45, 2.75) is 146 Å². The molecule has 0 saturated heterocycles. The number of nitrogens with two attached hydrogens (primary N) is 1. The summed E-state index contributed by atoms with van der Waals surface area (Å²) >= 11 is 0. The minimum atomic E-state index is -0.838. The molecule has 0 spiro atoms. The summed E-state index contributed by atoms with van der Waals surface area (Å²) in [5, 5.41) is 50.0. The van der Waals surface area contributed by atoms with Gasteiger partial charge in [-0.15, -0.1) is 0 Å². The van der Waals surface area contributed by atoms with E-state index in [4.69, 9.17) is 5.73 Å². The Morgan fingerprint density at radius 3 is 1.33 bits per heavy atom. The van der Waals surface area contributed by atoms with Crippen LogP contribution in [-0.4, -0.2) is 68.3 Å². The van der Waals surface area contributed by atoms with E-state index in [9.17, 15) is 39.6 Å². The molecule has 0 fully saturated rings. The van der Waals surface area contributed by atoms with Crippen LogP contribution in [0.1, 0.15) is 145 Å². The zero-order valence-electron chi connectivity index (χ0n) is 43.6. The molecule has 0 saturated carbocycles. The monoisotopic (exact) mass is 1020 g/mol. The molecular formula is C65H73N3O8. The summed E-state index contributed by atoms with van der Waals surface area (Å²) in [6.07, 6.45) is 8.04. The smallest absolute Gasteiger partial charge is 0.249 e. The van der Waals surface area contributed by atoms with Crippen molar-refractivity contribution in [3.8, 4) is 0 Å². The molecule has 4 aliphatic carbocycles.